The van der Waals surface area contributed by atoms with Crippen LogP contribution in [-0.4, -0.2) is 15.2 Å². The maximum absolute atomic E-state index is 12.4. The van der Waals surface area contributed by atoms with Crippen LogP contribution in [0.1, 0.15) is 17.1 Å². The van der Waals surface area contributed by atoms with Crippen molar-refractivity contribution in [3.63, 3.8) is 0 Å². The lowest BCUT2D eigenvalue weighted by atomic mass is 10.1. The summed E-state index contributed by atoms with van der Waals surface area (Å²) in [5, 5.41) is 18.9. The molecule has 1 aromatic carbocycles. The van der Waals surface area contributed by atoms with Crippen LogP contribution in [0.15, 0.2) is 25.5 Å². The Balaban J connectivity index is 2.33. The van der Waals surface area contributed by atoms with Crippen LogP contribution in [0.3, 0.4) is 0 Å². The van der Waals surface area contributed by atoms with Crippen molar-refractivity contribution in [1.82, 2.24) is 4.98 Å². The topological polar surface area (TPSA) is 66.5 Å². The number of hydrogen-bond acceptors (Lipinski definition) is 4. The number of alkyl halides is 3. The number of aromatic nitrogens is 1. The van der Waals surface area contributed by atoms with E-state index in [1.54, 1.807) is 0 Å². The van der Waals surface area contributed by atoms with Crippen LogP contribution in [-0.2, 0) is 12.6 Å². The molecule has 2 rings (SSSR count). The molecule has 4 nitrogen and oxygen atoms in total. The molecule has 0 radical (unpaired) electrons. The lowest BCUT2D eigenvalue weighted by Gasteiger charge is -2.04. The Kier molecular flexibility index (Phi) is 4.01. The second kappa shape index (κ2) is 5.28. The summed E-state index contributed by atoms with van der Waals surface area (Å²) >= 11 is 6.20. The summed E-state index contributed by atoms with van der Waals surface area (Å²) in [6, 6.07) is 3.00. The zero-order chi connectivity index (χ0) is 15.1. The summed E-state index contributed by atoms with van der Waals surface area (Å²) in [7, 11) is 0. The third-order valence-electron chi connectivity index (χ3n) is 2.37. The van der Waals surface area contributed by atoms with Gasteiger partial charge in [0.05, 0.1) is 8.95 Å². The van der Waals surface area contributed by atoms with E-state index >= 15 is 0 Å². The van der Waals surface area contributed by atoms with Crippen LogP contribution >= 0.6 is 31.9 Å². The van der Waals surface area contributed by atoms with Crippen LogP contribution in [0.25, 0.3) is 0 Å². The molecule has 108 valence electrons. The Labute approximate surface area is 127 Å². The highest BCUT2D eigenvalue weighted by Gasteiger charge is 2.38. The van der Waals surface area contributed by atoms with Gasteiger partial charge >= 0.3 is 18.0 Å². The number of phenolic OH excluding ortho intramolecular Hbond substituents is 1. The van der Waals surface area contributed by atoms with Crippen molar-refractivity contribution >= 4 is 31.9 Å². The number of phenols is 1. The van der Waals surface area contributed by atoms with E-state index in [0.717, 1.165) is 0 Å². The molecule has 2 N–H and O–H groups in total. The normalized spacial score (nSPS) is 11.8. The lowest BCUT2D eigenvalue weighted by molar-refractivity contribution is -0.157. The molecular weight excluding hydrogens is 411 g/mol. The Morgan fingerprint density at radius 2 is 1.70 bits per heavy atom. The predicted octanol–water partition coefficient (Wildman–Crippen LogP) is 4.22. The number of halogens is 5. The highest BCUT2D eigenvalue weighted by Crippen LogP contribution is 2.36. The summed E-state index contributed by atoms with van der Waals surface area (Å²) < 4.78 is 42.1. The first-order valence-electron chi connectivity index (χ1n) is 5.11. The third-order valence-corrected chi connectivity index (χ3v) is 3.58. The van der Waals surface area contributed by atoms with E-state index in [2.05, 4.69) is 41.3 Å². The summed E-state index contributed by atoms with van der Waals surface area (Å²) in [5.41, 5.74) is 0.292. The molecule has 1 aromatic heterocycles. The molecular formula is C11H6Br2F3NO3. The number of aromatic hydroxyl groups is 2. The highest BCUT2D eigenvalue weighted by atomic mass is 79.9. The second-order valence-corrected chi connectivity index (χ2v) is 5.56. The molecule has 1 heterocycles. The van der Waals surface area contributed by atoms with E-state index in [-0.39, 0.29) is 17.9 Å². The fraction of sp³-hybridized carbons (Fsp3) is 0.182. The van der Waals surface area contributed by atoms with Crippen molar-refractivity contribution in [2.75, 3.05) is 0 Å². The minimum absolute atomic E-state index is 0.0332. The average Bonchev–Trinajstić information content (AvgIpc) is 2.68. The Morgan fingerprint density at radius 1 is 1.15 bits per heavy atom. The van der Waals surface area contributed by atoms with Crippen molar-refractivity contribution in [3.05, 3.63) is 38.2 Å². The van der Waals surface area contributed by atoms with Crippen LogP contribution < -0.4 is 0 Å². The monoisotopic (exact) mass is 415 g/mol. The van der Waals surface area contributed by atoms with E-state index in [4.69, 9.17) is 0 Å². The van der Waals surface area contributed by atoms with E-state index in [0.29, 0.717) is 14.5 Å². The molecule has 0 saturated heterocycles. The molecule has 0 atom stereocenters. The molecule has 20 heavy (non-hydrogen) atoms. The zero-order valence-corrected chi connectivity index (χ0v) is 12.7. The number of oxazole rings is 1. The Morgan fingerprint density at radius 3 is 2.15 bits per heavy atom. The standard InChI is InChI=1S/C11H6Br2F3NO3/c12-5-1-4(2-6(13)8(5)18)3-7-9(19)20-10(17-7)11(14,15)16/h1-2,18-19H,3H2. The smallest absolute Gasteiger partial charge is 0.469 e. The van der Waals surface area contributed by atoms with Gasteiger partial charge in [0, 0.05) is 6.42 Å². The van der Waals surface area contributed by atoms with Gasteiger partial charge in [-0.25, -0.2) is 4.98 Å². The van der Waals surface area contributed by atoms with Gasteiger partial charge in [-0.2, -0.15) is 13.2 Å². The first-order valence-corrected chi connectivity index (χ1v) is 6.70. The van der Waals surface area contributed by atoms with E-state index in [1.165, 1.54) is 12.1 Å². The molecule has 0 aliphatic heterocycles. The molecule has 0 spiro atoms. The van der Waals surface area contributed by atoms with E-state index in [1.807, 2.05) is 0 Å². The summed E-state index contributed by atoms with van der Waals surface area (Å²) in [6.45, 7) is 0. The quantitative estimate of drug-likeness (QED) is 0.769. The van der Waals surface area contributed by atoms with E-state index in [9.17, 15) is 23.4 Å². The van der Waals surface area contributed by atoms with Crippen molar-refractivity contribution in [3.8, 4) is 11.7 Å². The minimum atomic E-state index is -4.76. The maximum atomic E-state index is 12.4. The summed E-state index contributed by atoms with van der Waals surface area (Å²) in [5.74, 6) is -2.41. The van der Waals surface area contributed by atoms with Gasteiger partial charge in [-0.1, -0.05) is 0 Å². The van der Waals surface area contributed by atoms with Crippen LogP contribution in [0.2, 0.25) is 0 Å². The van der Waals surface area contributed by atoms with Gasteiger partial charge < -0.3 is 14.6 Å². The molecule has 0 aliphatic rings. The largest absolute Gasteiger partial charge is 0.506 e. The average molecular weight is 417 g/mol. The molecule has 0 saturated carbocycles. The zero-order valence-electron chi connectivity index (χ0n) is 9.50. The van der Waals surface area contributed by atoms with Gasteiger partial charge in [0.2, 0.25) is 0 Å². The van der Waals surface area contributed by atoms with Crippen molar-refractivity contribution in [2.45, 2.75) is 12.6 Å². The van der Waals surface area contributed by atoms with Crippen LogP contribution in [0.5, 0.6) is 11.7 Å². The van der Waals surface area contributed by atoms with Crippen molar-refractivity contribution in [2.24, 2.45) is 0 Å². The van der Waals surface area contributed by atoms with Gasteiger partial charge in [-0.05, 0) is 49.6 Å². The first kappa shape index (κ1) is 15.2. The molecule has 2 aromatic rings. The van der Waals surface area contributed by atoms with Crippen LogP contribution in [0, 0.1) is 0 Å². The third kappa shape index (κ3) is 3.09. The molecule has 9 heteroatoms. The van der Waals surface area contributed by atoms with Gasteiger partial charge in [0.25, 0.3) is 0 Å². The fourth-order valence-corrected chi connectivity index (χ4v) is 2.77. The highest BCUT2D eigenvalue weighted by molar-refractivity contribution is 9.11. The Bertz CT molecular complexity index is 632. The number of nitrogens with zero attached hydrogens (tertiary/aromatic N) is 1. The molecule has 0 bridgehead atoms. The Hall–Kier alpha value is -1.22. The number of benzene rings is 1. The minimum Gasteiger partial charge on any atom is -0.506 e. The van der Waals surface area contributed by atoms with Gasteiger partial charge in [-0.3, -0.25) is 0 Å². The first-order chi connectivity index (χ1) is 9.18. The molecule has 0 aliphatic carbocycles. The maximum Gasteiger partial charge on any atom is 0.469 e. The van der Waals surface area contributed by atoms with Gasteiger partial charge in [0.15, 0.2) is 0 Å². The SMILES string of the molecule is Oc1oc(C(F)(F)F)nc1Cc1cc(Br)c(O)c(Br)c1. The fourth-order valence-electron chi connectivity index (χ4n) is 1.49. The van der Waals surface area contributed by atoms with Crippen molar-refractivity contribution in [1.29, 1.82) is 0 Å². The number of rotatable bonds is 2. The van der Waals surface area contributed by atoms with Gasteiger partial charge in [-0.15, -0.1) is 0 Å². The lowest BCUT2D eigenvalue weighted by Crippen LogP contribution is -2.05. The summed E-state index contributed by atoms with van der Waals surface area (Å²) in [6.07, 6.45) is -4.84. The predicted molar refractivity (Wildman–Crippen MR) is 69.5 cm³/mol. The molecule has 0 unspecified atom stereocenters. The molecule has 0 fully saturated rings. The van der Waals surface area contributed by atoms with E-state index < -0.39 is 18.0 Å². The van der Waals surface area contributed by atoms with Crippen molar-refractivity contribution < 1.29 is 27.8 Å². The second-order valence-electron chi connectivity index (χ2n) is 3.85. The van der Waals surface area contributed by atoms with Crippen LogP contribution in [0.4, 0.5) is 13.2 Å². The van der Waals surface area contributed by atoms with Gasteiger partial charge in [0.1, 0.15) is 11.4 Å². The molecule has 0 amide bonds. The summed E-state index contributed by atoms with van der Waals surface area (Å²) in [4.78, 5) is 3.22. The number of hydrogen-bond donors (Lipinski definition) is 2.